The molecular formula is C16H16N2O2. The number of amides is 1. The van der Waals surface area contributed by atoms with E-state index in [0.717, 1.165) is 11.1 Å². The first-order valence-electron chi connectivity index (χ1n) is 6.27. The molecule has 0 aliphatic heterocycles. The standard InChI is InChI=1S/C16H16N2O2/c1-11-6-3-4-9-15(11)16(20)18-17-12(2)13-7-5-8-14(19)10-13/h3-10,19H,1-2H3,(H,18,20)/b17-12+. The van der Waals surface area contributed by atoms with E-state index in [1.807, 2.05) is 31.2 Å². The number of phenolic OH excluding ortho intramolecular Hbond substituents is 1. The molecule has 2 rings (SSSR count). The zero-order valence-corrected chi connectivity index (χ0v) is 11.4. The van der Waals surface area contributed by atoms with E-state index in [1.54, 1.807) is 31.2 Å². The highest BCUT2D eigenvalue weighted by atomic mass is 16.3. The first-order valence-corrected chi connectivity index (χ1v) is 6.27. The van der Waals surface area contributed by atoms with Crippen molar-refractivity contribution in [1.29, 1.82) is 0 Å². The van der Waals surface area contributed by atoms with Crippen LogP contribution in [0.3, 0.4) is 0 Å². The number of carbonyl (C=O) groups is 1. The van der Waals surface area contributed by atoms with Crippen LogP contribution in [0.1, 0.15) is 28.4 Å². The minimum Gasteiger partial charge on any atom is -0.508 e. The van der Waals surface area contributed by atoms with Gasteiger partial charge in [0.15, 0.2) is 0 Å². The molecule has 0 aromatic heterocycles. The molecule has 1 amide bonds. The maximum Gasteiger partial charge on any atom is 0.271 e. The van der Waals surface area contributed by atoms with Crippen molar-refractivity contribution in [3.05, 3.63) is 65.2 Å². The lowest BCUT2D eigenvalue weighted by molar-refractivity contribution is 0.0954. The molecule has 2 N–H and O–H groups in total. The van der Waals surface area contributed by atoms with Gasteiger partial charge in [-0.1, -0.05) is 30.3 Å². The molecule has 20 heavy (non-hydrogen) atoms. The molecule has 0 saturated heterocycles. The number of hydrogen-bond acceptors (Lipinski definition) is 3. The molecule has 0 fully saturated rings. The topological polar surface area (TPSA) is 61.7 Å². The number of carbonyl (C=O) groups excluding carboxylic acids is 1. The van der Waals surface area contributed by atoms with E-state index in [4.69, 9.17) is 0 Å². The van der Waals surface area contributed by atoms with Crippen molar-refractivity contribution in [3.8, 4) is 5.75 Å². The number of aromatic hydroxyl groups is 1. The maximum absolute atomic E-state index is 12.0. The normalized spacial score (nSPS) is 11.2. The lowest BCUT2D eigenvalue weighted by atomic mass is 10.1. The molecule has 0 radical (unpaired) electrons. The Bertz CT molecular complexity index is 663. The zero-order valence-electron chi connectivity index (χ0n) is 11.4. The molecule has 0 bridgehead atoms. The van der Waals surface area contributed by atoms with Gasteiger partial charge in [-0.2, -0.15) is 5.10 Å². The summed E-state index contributed by atoms with van der Waals surface area (Å²) < 4.78 is 0. The average molecular weight is 268 g/mol. The summed E-state index contributed by atoms with van der Waals surface area (Å²) in [5, 5.41) is 13.5. The van der Waals surface area contributed by atoms with Gasteiger partial charge in [-0.15, -0.1) is 0 Å². The average Bonchev–Trinajstić information content (AvgIpc) is 2.45. The SMILES string of the molecule is C/C(=N\NC(=O)c1ccccc1C)c1cccc(O)c1. The van der Waals surface area contributed by atoms with Crippen LogP contribution in [0.25, 0.3) is 0 Å². The molecule has 0 unspecified atom stereocenters. The summed E-state index contributed by atoms with van der Waals surface area (Å²) in [6.07, 6.45) is 0. The molecule has 102 valence electrons. The molecule has 4 nitrogen and oxygen atoms in total. The van der Waals surface area contributed by atoms with E-state index < -0.39 is 0 Å². The van der Waals surface area contributed by atoms with Crippen LogP contribution in [0.2, 0.25) is 0 Å². The Morgan fingerprint density at radius 3 is 2.60 bits per heavy atom. The van der Waals surface area contributed by atoms with Gasteiger partial charge in [-0.05, 0) is 37.6 Å². The van der Waals surface area contributed by atoms with Gasteiger partial charge < -0.3 is 5.11 Å². The Hall–Kier alpha value is -2.62. The summed E-state index contributed by atoms with van der Waals surface area (Å²) in [4.78, 5) is 12.0. The maximum atomic E-state index is 12.0. The fourth-order valence-corrected chi connectivity index (χ4v) is 1.82. The molecule has 2 aromatic carbocycles. The van der Waals surface area contributed by atoms with Crippen molar-refractivity contribution in [2.45, 2.75) is 13.8 Å². The Morgan fingerprint density at radius 1 is 1.15 bits per heavy atom. The smallest absolute Gasteiger partial charge is 0.271 e. The fraction of sp³-hybridized carbons (Fsp3) is 0.125. The van der Waals surface area contributed by atoms with Gasteiger partial charge in [0.05, 0.1) is 5.71 Å². The third-order valence-corrected chi connectivity index (χ3v) is 2.98. The van der Waals surface area contributed by atoms with E-state index in [2.05, 4.69) is 10.5 Å². The molecule has 0 heterocycles. The van der Waals surface area contributed by atoms with Gasteiger partial charge in [0.2, 0.25) is 0 Å². The second kappa shape index (κ2) is 6.02. The summed E-state index contributed by atoms with van der Waals surface area (Å²) in [5.41, 5.74) is 5.41. The summed E-state index contributed by atoms with van der Waals surface area (Å²) in [6.45, 7) is 3.65. The van der Waals surface area contributed by atoms with E-state index in [1.165, 1.54) is 0 Å². The number of benzene rings is 2. The van der Waals surface area contributed by atoms with E-state index in [0.29, 0.717) is 11.3 Å². The molecule has 2 aromatic rings. The number of nitrogens with one attached hydrogen (secondary N) is 1. The number of phenols is 1. The molecular weight excluding hydrogens is 252 g/mol. The van der Waals surface area contributed by atoms with Crippen molar-refractivity contribution in [2.75, 3.05) is 0 Å². The third kappa shape index (κ3) is 3.23. The van der Waals surface area contributed by atoms with Crippen LogP contribution in [-0.4, -0.2) is 16.7 Å². The highest BCUT2D eigenvalue weighted by Gasteiger charge is 2.07. The van der Waals surface area contributed by atoms with Gasteiger partial charge >= 0.3 is 0 Å². The molecule has 0 aliphatic rings. The minimum absolute atomic E-state index is 0.169. The van der Waals surface area contributed by atoms with Gasteiger partial charge in [-0.3, -0.25) is 4.79 Å². The summed E-state index contributed by atoms with van der Waals surface area (Å²) in [5.74, 6) is -0.0788. The van der Waals surface area contributed by atoms with Gasteiger partial charge in [0, 0.05) is 11.1 Å². The van der Waals surface area contributed by atoms with Crippen LogP contribution in [0.4, 0.5) is 0 Å². The van der Waals surface area contributed by atoms with Gasteiger partial charge in [0.1, 0.15) is 5.75 Å². The lowest BCUT2D eigenvalue weighted by Crippen LogP contribution is -2.20. The van der Waals surface area contributed by atoms with E-state index in [-0.39, 0.29) is 11.7 Å². The highest BCUT2D eigenvalue weighted by Crippen LogP contribution is 2.11. The second-order valence-electron chi connectivity index (χ2n) is 4.50. The Morgan fingerprint density at radius 2 is 1.90 bits per heavy atom. The van der Waals surface area contributed by atoms with Crippen LogP contribution in [-0.2, 0) is 0 Å². The van der Waals surface area contributed by atoms with Crippen molar-refractivity contribution in [1.82, 2.24) is 5.43 Å². The van der Waals surface area contributed by atoms with Crippen molar-refractivity contribution >= 4 is 11.6 Å². The first-order chi connectivity index (χ1) is 9.58. The van der Waals surface area contributed by atoms with Crippen molar-refractivity contribution in [3.63, 3.8) is 0 Å². The first kappa shape index (κ1) is 13.8. The number of hydrazone groups is 1. The van der Waals surface area contributed by atoms with Crippen LogP contribution in [0.5, 0.6) is 5.75 Å². The largest absolute Gasteiger partial charge is 0.508 e. The molecule has 4 heteroatoms. The molecule has 0 spiro atoms. The van der Waals surface area contributed by atoms with Crippen LogP contribution < -0.4 is 5.43 Å². The lowest BCUT2D eigenvalue weighted by Gasteiger charge is -2.05. The predicted molar refractivity (Wildman–Crippen MR) is 79.0 cm³/mol. The Kier molecular flexibility index (Phi) is 4.15. The summed E-state index contributed by atoms with van der Waals surface area (Å²) in [7, 11) is 0. The zero-order chi connectivity index (χ0) is 14.5. The van der Waals surface area contributed by atoms with Crippen LogP contribution in [0.15, 0.2) is 53.6 Å². The fourth-order valence-electron chi connectivity index (χ4n) is 1.82. The van der Waals surface area contributed by atoms with Gasteiger partial charge in [0.25, 0.3) is 5.91 Å². The third-order valence-electron chi connectivity index (χ3n) is 2.98. The number of nitrogens with zero attached hydrogens (tertiary/aromatic N) is 1. The Balaban J connectivity index is 2.13. The minimum atomic E-state index is -0.248. The quantitative estimate of drug-likeness (QED) is 0.664. The predicted octanol–water partition coefficient (Wildman–Crippen LogP) is 2.85. The summed E-state index contributed by atoms with van der Waals surface area (Å²) in [6, 6.07) is 14.1. The highest BCUT2D eigenvalue weighted by molar-refractivity contribution is 6.01. The summed E-state index contributed by atoms with van der Waals surface area (Å²) >= 11 is 0. The van der Waals surface area contributed by atoms with Crippen LogP contribution in [0, 0.1) is 6.92 Å². The molecule has 0 aliphatic carbocycles. The second-order valence-corrected chi connectivity index (χ2v) is 4.50. The van der Waals surface area contributed by atoms with Crippen LogP contribution >= 0.6 is 0 Å². The van der Waals surface area contributed by atoms with Crippen molar-refractivity contribution in [2.24, 2.45) is 5.10 Å². The van der Waals surface area contributed by atoms with E-state index in [9.17, 15) is 9.90 Å². The van der Waals surface area contributed by atoms with Gasteiger partial charge in [-0.25, -0.2) is 5.43 Å². The molecule has 0 saturated carbocycles. The Labute approximate surface area is 117 Å². The monoisotopic (exact) mass is 268 g/mol. The number of rotatable bonds is 3. The van der Waals surface area contributed by atoms with E-state index >= 15 is 0 Å². The number of hydrogen-bond donors (Lipinski definition) is 2. The number of aryl methyl sites for hydroxylation is 1. The van der Waals surface area contributed by atoms with Crippen molar-refractivity contribution < 1.29 is 9.90 Å². The molecule has 0 atom stereocenters.